The van der Waals surface area contributed by atoms with Gasteiger partial charge in [-0.3, -0.25) is 4.79 Å². The lowest BCUT2D eigenvalue weighted by Gasteiger charge is -2.28. The molecule has 1 aliphatic heterocycles. The summed E-state index contributed by atoms with van der Waals surface area (Å²) in [5.41, 5.74) is 2.41. The van der Waals surface area contributed by atoms with Crippen LogP contribution in [0.2, 0.25) is 0 Å². The Balaban J connectivity index is 1.86. The molecule has 3 nitrogen and oxygen atoms in total. The summed E-state index contributed by atoms with van der Waals surface area (Å²) >= 11 is 0. The number of anilines is 1. The summed E-state index contributed by atoms with van der Waals surface area (Å²) in [7, 11) is 0. The van der Waals surface area contributed by atoms with Gasteiger partial charge in [0.2, 0.25) is 0 Å². The number of hydrogen-bond donors (Lipinski definition) is 0. The highest BCUT2D eigenvalue weighted by atomic mass is 16.1. The van der Waals surface area contributed by atoms with Gasteiger partial charge in [0.05, 0.1) is 0 Å². The van der Waals surface area contributed by atoms with Gasteiger partial charge in [-0.15, -0.1) is 0 Å². The summed E-state index contributed by atoms with van der Waals surface area (Å²) in [5.74, 6) is 1.04. The monoisotopic (exact) mass is 280 g/mol. The minimum absolute atomic E-state index is 0.0470. The molecule has 2 aromatic rings. The number of pyridine rings is 1. The van der Waals surface area contributed by atoms with Crippen LogP contribution in [0.3, 0.4) is 0 Å². The van der Waals surface area contributed by atoms with Crippen molar-refractivity contribution in [1.29, 1.82) is 0 Å². The fraction of sp³-hybridized carbons (Fsp3) is 0.333. The van der Waals surface area contributed by atoms with Crippen molar-refractivity contribution in [3.05, 3.63) is 59.3 Å². The molecule has 0 N–H and O–H groups in total. The predicted octanol–water partition coefficient (Wildman–Crippen LogP) is 3.61. The SMILES string of the molecule is Cc1cc(N2CCCCC2)ncc1C(=O)c1ccccc1. The normalized spacial score (nSPS) is 15.0. The summed E-state index contributed by atoms with van der Waals surface area (Å²) < 4.78 is 0. The van der Waals surface area contributed by atoms with Gasteiger partial charge in [-0.05, 0) is 37.8 Å². The first kappa shape index (κ1) is 13.8. The molecule has 0 saturated carbocycles. The molecule has 0 spiro atoms. The van der Waals surface area contributed by atoms with Crippen molar-refractivity contribution in [2.75, 3.05) is 18.0 Å². The molecule has 21 heavy (non-hydrogen) atoms. The summed E-state index contributed by atoms with van der Waals surface area (Å²) in [6, 6.07) is 11.4. The van der Waals surface area contributed by atoms with Crippen LogP contribution in [0, 0.1) is 6.92 Å². The molecule has 108 valence electrons. The van der Waals surface area contributed by atoms with E-state index >= 15 is 0 Å². The minimum Gasteiger partial charge on any atom is -0.357 e. The highest BCUT2D eigenvalue weighted by molar-refractivity contribution is 6.09. The third-order valence-corrected chi connectivity index (χ3v) is 4.06. The molecule has 3 heteroatoms. The van der Waals surface area contributed by atoms with E-state index in [4.69, 9.17) is 0 Å². The molecule has 0 bridgehead atoms. The third-order valence-electron chi connectivity index (χ3n) is 4.06. The summed E-state index contributed by atoms with van der Waals surface area (Å²) in [6.07, 6.45) is 5.49. The first-order chi connectivity index (χ1) is 10.3. The summed E-state index contributed by atoms with van der Waals surface area (Å²) in [6.45, 7) is 4.13. The molecular weight excluding hydrogens is 260 g/mol. The van der Waals surface area contributed by atoms with Gasteiger partial charge >= 0.3 is 0 Å². The number of hydrogen-bond acceptors (Lipinski definition) is 3. The Morgan fingerprint density at radius 1 is 1.10 bits per heavy atom. The van der Waals surface area contributed by atoms with Crippen LogP contribution in [0.4, 0.5) is 5.82 Å². The third kappa shape index (κ3) is 2.97. The first-order valence-electron chi connectivity index (χ1n) is 7.57. The fourth-order valence-corrected chi connectivity index (χ4v) is 2.82. The standard InChI is InChI=1S/C18H20N2O/c1-14-12-17(20-10-6-3-7-11-20)19-13-16(14)18(21)15-8-4-2-5-9-15/h2,4-5,8-9,12-13H,3,6-7,10-11H2,1H3. The molecular formula is C18H20N2O. The molecule has 3 rings (SSSR count). The van der Waals surface area contributed by atoms with E-state index < -0.39 is 0 Å². The average molecular weight is 280 g/mol. The number of aromatic nitrogens is 1. The average Bonchev–Trinajstić information content (AvgIpc) is 2.56. The van der Waals surface area contributed by atoms with E-state index in [1.807, 2.05) is 43.3 Å². The van der Waals surface area contributed by atoms with Crippen molar-refractivity contribution < 1.29 is 4.79 Å². The Morgan fingerprint density at radius 3 is 2.48 bits per heavy atom. The summed E-state index contributed by atoms with van der Waals surface area (Å²) in [4.78, 5) is 19.3. The van der Waals surface area contributed by atoms with Crippen molar-refractivity contribution in [3.8, 4) is 0 Å². The Labute approximate surface area is 125 Å². The van der Waals surface area contributed by atoms with E-state index in [2.05, 4.69) is 9.88 Å². The molecule has 0 aliphatic carbocycles. The maximum atomic E-state index is 12.5. The smallest absolute Gasteiger partial charge is 0.194 e. The number of nitrogens with zero attached hydrogens (tertiary/aromatic N) is 2. The second-order valence-corrected chi connectivity index (χ2v) is 5.60. The van der Waals surface area contributed by atoms with Crippen molar-refractivity contribution in [2.45, 2.75) is 26.2 Å². The maximum absolute atomic E-state index is 12.5. The molecule has 1 fully saturated rings. The van der Waals surface area contributed by atoms with E-state index in [1.165, 1.54) is 19.3 Å². The highest BCUT2D eigenvalue weighted by Crippen LogP contribution is 2.21. The lowest BCUT2D eigenvalue weighted by Crippen LogP contribution is -2.30. The van der Waals surface area contributed by atoms with Gasteiger partial charge < -0.3 is 4.90 Å². The van der Waals surface area contributed by atoms with Gasteiger partial charge in [0.25, 0.3) is 0 Å². The van der Waals surface area contributed by atoms with Gasteiger partial charge in [-0.25, -0.2) is 4.98 Å². The van der Waals surface area contributed by atoms with Gasteiger partial charge in [0.1, 0.15) is 5.82 Å². The van der Waals surface area contributed by atoms with Crippen LogP contribution in [0.25, 0.3) is 0 Å². The number of carbonyl (C=O) groups is 1. The van der Waals surface area contributed by atoms with E-state index in [-0.39, 0.29) is 5.78 Å². The summed E-state index contributed by atoms with van der Waals surface area (Å²) in [5, 5.41) is 0. The predicted molar refractivity (Wildman–Crippen MR) is 84.9 cm³/mol. The molecule has 1 saturated heterocycles. The number of ketones is 1. The zero-order valence-corrected chi connectivity index (χ0v) is 12.4. The maximum Gasteiger partial charge on any atom is 0.194 e. The molecule has 0 unspecified atom stereocenters. The molecule has 0 radical (unpaired) electrons. The lowest BCUT2D eigenvalue weighted by atomic mass is 10.0. The zero-order valence-electron chi connectivity index (χ0n) is 12.4. The van der Waals surface area contributed by atoms with Crippen molar-refractivity contribution in [1.82, 2.24) is 4.98 Å². The molecule has 1 aliphatic rings. The molecule has 1 aromatic heterocycles. The molecule has 0 amide bonds. The Kier molecular flexibility index (Phi) is 4.00. The molecule has 1 aromatic carbocycles. The van der Waals surface area contributed by atoms with Crippen molar-refractivity contribution >= 4 is 11.6 Å². The molecule has 2 heterocycles. The van der Waals surface area contributed by atoms with Gasteiger partial charge in [-0.2, -0.15) is 0 Å². The second-order valence-electron chi connectivity index (χ2n) is 5.60. The minimum atomic E-state index is 0.0470. The van der Waals surface area contributed by atoms with Crippen LogP contribution < -0.4 is 4.90 Å². The van der Waals surface area contributed by atoms with Gasteiger partial charge in [-0.1, -0.05) is 30.3 Å². The lowest BCUT2D eigenvalue weighted by molar-refractivity contribution is 0.103. The molecule has 0 atom stereocenters. The van der Waals surface area contributed by atoms with Crippen LogP contribution in [0.1, 0.15) is 40.7 Å². The number of rotatable bonds is 3. The van der Waals surface area contributed by atoms with E-state index in [0.717, 1.165) is 24.5 Å². The van der Waals surface area contributed by atoms with Crippen LogP contribution in [-0.4, -0.2) is 23.9 Å². The van der Waals surface area contributed by atoms with Gasteiger partial charge in [0, 0.05) is 30.4 Å². The zero-order chi connectivity index (χ0) is 14.7. The topological polar surface area (TPSA) is 33.2 Å². The Morgan fingerprint density at radius 2 is 1.81 bits per heavy atom. The van der Waals surface area contributed by atoms with Crippen molar-refractivity contribution in [2.24, 2.45) is 0 Å². The Bertz CT molecular complexity index is 631. The Hall–Kier alpha value is -2.16. The first-order valence-corrected chi connectivity index (χ1v) is 7.57. The van der Waals surface area contributed by atoms with E-state index in [0.29, 0.717) is 11.1 Å². The van der Waals surface area contributed by atoms with E-state index in [9.17, 15) is 4.79 Å². The second kappa shape index (κ2) is 6.08. The van der Waals surface area contributed by atoms with Crippen LogP contribution in [-0.2, 0) is 0 Å². The van der Waals surface area contributed by atoms with E-state index in [1.54, 1.807) is 6.20 Å². The number of piperidine rings is 1. The van der Waals surface area contributed by atoms with Crippen LogP contribution in [0.15, 0.2) is 42.6 Å². The number of carbonyl (C=O) groups excluding carboxylic acids is 1. The fourth-order valence-electron chi connectivity index (χ4n) is 2.82. The van der Waals surface area contributed by atoms with Crippen LogP contribution >= 0.6 is 0 Å². The quantitative estimate of drug-likeness (QED) is 0.805. The largest absolute Gasteiger partial charge is 0.357 e. The highest BCUT2D eigenvalue weighted by Gasteiger charge is 2.16. The number of aryl methyl sites for hydroxylation is 1. The number of benzene rings is 1. The van der Waals surface area contributed by atoms with Crippen molar-refractivity contribution in [3.63, 3.8) is 0 Å². The van der Waals surface area contributed by atoms with Crippen LogP contribution in [0.5, 0.6) is 0 Å². The van der Waals surface area contributed by atoms with Gasteiger partial charge in [0.15, 0.2) is 5.78 Å².